The number of para-hydroxylation sites is 2. The standard InChI is InChI=1S/C17H18ClN3O4S/c1-20-15-4-2-3-5-16(15)21(26(20,23)24)11-10-19-17(22)12-25-14-8-6-13(18)7-9-14/h2-9H,10-12H2,1H3,(H,19,22). The molecule has 0 saturated heterocycles. The first-order chi connectivity index (χ1) is 12.4. The Bertz CT molecular complexity index is 902. The predicted octanol–water partition coefficient (Wildman–Crippen LogP) is 2.04. The van der Waals surface area contributed by atoms with Crippen molar-refractivity contribution in [2.75, 3.05) is 35.4 Å². The molecule has 0 bridgehead atoms. The molecule has 0 radical (unpaired) electrons. The number of hydrogen-bond donors (Lipinski definition) is 1. The van der Waals surface area contributed by atoms with Crippen molar-refractivity contribution in [2.45, 2.75) is 0 Å². The topological polar surface area (TPSA) is 79.0 Å². The van der Waals surface area contributed by atoms with Gasteiger partial charge in [-0.2, -0.15) is 8.42 Å². The fraction of sp³-hybridized carbons (Fsp3) is 0.235. The lowest BCUT2D eigenvalue weighted by molar-refractivity contribution is -0.123. The first-order valence-electron chi connectivity index (χ1n) is 7.90. The van der Waals surface area contributed by atoms with Gasteiger partial charge in [0.1, 0.15) is 5.75 Å². The maximum atomic E-state index is 12.5. The van der Waals surface area contributed by atoms with Gasteiger partial charge in [0.25, 0.3) is 5.91 Å². The van der Waals surface area contributed by atoms with Gasteiger partial charge in [0, 0.05) is 18.6 Å². The van der Waals surface area contributed by atoms with E-state index in [0.29, 0.717) is 22.1 Å². The Balaban J connectivity index is 1.53. The maximum absolute atomic E-state index is 12.5. The molecule has 0 unspecified atom stereocenters. The molecule has 0 saturated carbocycles. The van der Waals surface area contributed by atoms with Crippen LogP contribution in [-0.4, -0.2) is 41.1 Å². The van der Waals surface area contributed by atoms with Crippen LogP contribution in [0.25, 0.3) is 0 Å². The summed E-state index contributed by atoms with van der Waals surface area (Å²) in [5, 5.41) is 3.24. The van der Waals surface area contributed by atoms with Gasteiger partial charge < -0.3 is 10.1 Å². The zero-order valence-electron chi connectivity index (χ0n) is 14.1. The van der Waals surface area contributed by atoms with E-state index in [4.69, 9.17) is 16.3 Å². The quantitative estimate of drug-likeness (QED) is 0.811. The summed E-state index contributed by atoms with van der Waals surface area (Å²) in [4.78, 5) is 11.9. The van der Waals surface area contributed by atoms with Crippen LogP contribution < -0.4 is 18.7 Å². The van der Waals surface area contributed by atoms with Crippen LogP contribution in [0.1, 0.15) is 0 Å². The number of carbonyl (C=O) groups excluding carboxylic acids is 1. The van der Waals surface area contributed by atoms with Crippen LogP contribution >= 0.6 is 11.6 Å². The summed E-state index contributed by atoms with van der Waals surface area (Å²) in [6.07, 6.45) is 0. The van der Waals surface area contributed by atoms with E-state index in [9.17, 15) is 13.2 Å². The van der Waals surface area contributed by atoms with Crippen molar-refractivity contribution in [3.8, 4) is 5.75 Å². The van der Waals surface area contributed by atoms with Gasteiger partial charge in [0.2, 0.25) is 0 Å². The summed E-state index contributed by atoms with van der Waals surface area (Å²) in [5.41, 5.74) is 1.21. The molecular formula is C17H18ClN3O4S. The van der Waals surface area contributed by atoms with Gasteiger partial charge in [0.15, 0.2) is 6.61 Å². The minimum Gasteiger partial charge on any atom is -0.484 e. The van der Waals surface area contributed by atoms with Gasteiger partial charge in [-0.1, -0.05) is 23.7 Å². The molecule has 7 nitrogen and oxygen atoms in total. The number of nitrogens with one attached hydrogen (secondary N) is 1. The summed E-state index contributed by atoms with van der Waals surface area (Å²) >= 11 is 5.78. The summed E-state index contributed by atoms with van der Waals surface area (Å²) < 4.78 is 32.8. The van der Waals surface area contributed by atoms with Crippen LogP contribution in [0, 0.1) is 0 Å². The maximum Gasteiger partial charge on any atom is 0.326 e. The zero-order valence-corrected chi connectivity index (χ0v) is 15.6. The van der Waals surface area contributed by atoms with Crippen LogP contribution in [0.2, 0.25) is 5.02 Å². The fourth-order valence-corrected chi connectivity index (χ4v) is 4.15. The lowest BCUT2D eigenvalue weighted by atomic mass is 10.2. The molecule has 0 spiro atoms. The zero-order chi connectivity index (χ0) is 18.7. The van der Waals surface area contributed by atoms with E-state index in [-0.39, 0.29) is 25.6 Å². The number of fused-ring (bicyclic) bond motifs is 1. The molecule has 138 valence electrons. The molecule has 1 N–H and O–H groups in total. The lowest BCUT2D eigenvalue weighted by Crippen LogP contribution is -2.41. The average Bonchev–Trinajstić information content (AvgIpc) is 2.82. The Morgan fingerprint density at radius 1 is 1.12 bits per heavy atom. The molecule has 0 atom stereocenters. The van der Waals surface area contributed by atoms with Gasteiger partial charge >= 0.3 is 10.2 Å². The van der Waals surface area contributed by atoms with Crippen molar-refractivity contribution in [1.29, 1.82) is 0 Å². The van der Waals surface area contributed by atoms with Gasteiger partial charge in [-0.15, -0.1) is 0 Å². The Morgan fingerprint density at radius 2 is 1.77 bits per heavy atom. The smallest absolute Gasteiger partial charge is 0.326 e. The minimum absolute atomic E-state index is 0.135. The lowest BCUT2D eigenvalue weighted by Gasteiger charge is -2.19. The normalized spacial score (nSPS) is 14.8. The van der Waals surface area contributed by atoms with Crippen LogP contribution in [0.15, 0.2) is 48.5 Å². The van der Waals surface area contributed by atoms with Crippen molar-refractivity contribution < 1.29 is 17.9 Å². The van der Waals surface area contributed by atoms with Crippen LogP contribution in [-0.2, 0) is 15.0 Å². The first-order valence-corrected chi connectivity index (χ1v) is 9.68. The van der Waals surface area contributed by atoms with E-state index in [1.807, 2.05) is 0 Å². The number of ether oxygens (including phenoxy) is 1. The van der Waals surface area contributed by atoms with Gasteiger partial charge in [-0.25, -0.2) is 4.31 Å². The number of rotatable bonds is 6. The number of carbonyl (C=O) groups is 1. The van der Waals surface area contributed by atoms with E-state index >= 15 is 0 Å². The largest absolute Gasteiger partial charge is 0.484 e. The van der Waals surface area contributed by atoms with Gasteiger partial charge in [-0.3, -0.25) is 9.10 Å². The molecule has 9 heteroatoms. The number of amides is 1. The highest BCUT2D eigenvalue weighted by molar-refractivity contribution is 7.94. The molecular weight excluding hydrogens is 378 g/mol. The molecule has 26 heavy (non-hydrogen) atoms. The van der Waals surface area contributed by atoms with Crippen LogP contribution in [0.3, 0.4) is 0 Å². The monoisotopic (exact) mass is 395 g/mol. The molecule has 2 aromatic rings. The number of hydrogen-bond acceptors (Lipinski definition) is 4. The molecule has 3 rings (SSSR count). The molecule has 1 heterocycles. The van der Waals surface area contributed by atoms with E-state index in [0.717, 1.165) is 0 Å². The molecule has 0 aromatic heterocycles. The van der Waals surface area contributed by atoms with Gasteiger partial charge in [0.05, 0.1) is 17.9 Å². The van der Waals surface area contributed by atoms with Crippen molar-refractivity contribution in [3.05, 3.63) is 53.6 Å². The third-order valence-electron chi connectivity index (χ3n) is 3.93. The number of anilines is 2. The summed E-state index contributed by atoms with van der Waals surface area (Å²) in [5.74, 6) is 0.195. The predicted molar refractivity (Wildman–Crippen MR) is 101 cm³/mol. The number of halogens is 1. The second kappa shape index (κ2) is 7.43. The first kappa shape index (κ1) is 18.3. The van der Waals surface area contributed by atoms with Crippen molar-refractivity contribution in [2.24, 2.45) is 0 Å². The molecule has 0 aliphatic carbocycles. The highest BCUT2D eigenvalue weighted by atomic mass is 35.5. The van der Waals surface area contributed by atoms with Crippen LogP contribution in [0.4, 0.5) is 11.4 Å². The Morgan fingerprint density at radius 3 is 2.46 bits per heavy atom. The number of benzene rings is 2. The van der Waals surface area contributed by atoms with E-state index in [1.54, 1.807) is 48.5 Å². The summed E-state index contributed by atoms with van der Waals surface area (Å²) in [6.45, 7) is 0.144. The third-order valence-corrected chi connectivity index (χ3v) is 6.01. The second-order valence-corrected chi connectivity index (χ2v) is 7.95. The summed E-state index contributed by atoms with van der Waals surface area (Å²) in [6, 6.07) is 13.7. The SMILES string of the molecule is CN1c2ccccc2N(CCNC(=O)COc2ccc(Cl)cc2)S1(=O)=O. The van der Waals surface area contributed by atoms with E-state index in [2.05, 4.69) is 5.32 Å². The Hall–Kier alpha value is -2.45. The second-order valence-electron chi connectivity index (χ2n) is 5.63. The third kappa shape index (κ3) is 3.71. The van der Waals surface area contributed by atoms with E-state index in [1.165, 1.54) is 15.7 Å². The molecule has 0 fully saturated rings. The van der Waals surface area contributed by atoms with Gasteiger partial charge in [-0.05, 0) is 36.4 Å². The number of nitrogens with zero attached hydrogens (tertiary/aromatic N) is 2. The Kier molecular flexibility index (Phi) is 5.24. The molecule has 1 amide bonds. The highest BCUT2D eigenvalue weighted by Crippen LogP contribution is 2.38. The Labute approximate surface area is 157 Å². The molecule has 1 aliphatic rings. The van der Waals surface area contributed by atoms with Crippen molar-refractivity contribution >= 4 is 39.1 Å². The van der Waals surface area contributed by atoms with Crippen LogP contribution in [0.5, 0.6) is 5.75 Å². The minimum atomic E-state index is -3.61. The molecule has 1 aliphatic heterocycles. The van der Waals surface area contributed by atoms with Crippen molar-refractivity contribution in [3.63, 3.8) is 0 Å². The molecule has 2 aromatic carbocycles. The average molecular weight is 396 g/mol. The highest BCUT2D eigenvalue weighted by Gasteiger charge is 2.37. The fourth-order valence-electron chi connectivity index (χ4n) is 2.60. The van der Waals surface area contributed by atoms with E-state index < -0.39 is 10.2 Å². The van der Waals surface area contributed by atoms with Crippen molar-refractivity contribution in [1.82, 2.24) is 5.32 Å². The summed E-state index contributed by atoms with van der Waals surface area (Å²) in [7, 11) is -2.10.